The van der Waals surface area contributed by atoms with Crippen LogP contribution in [0.1, 0.15) is 32.6 Å². The Bertz CT molecular complexity index is 103. The number of nitrogens with two attached hydrogens (primary N) is 1. The molecular formula is C8H20Cl2N2. The third-order valence-electron chi connectivity index (χ3n) is 2.39. The molecule has 0 bridgehead atoms. The summed E-state index contributed by atoms with van der Waals surface area (Å²) in [6.45, 7) is 4.33. The molecule has 3 N–H and O–H groups in total. The fourth-order valence-electron chi connectivity index (χ4n) is 1.66. The molecule has 0 aromatic carbocycles. The van der Waals surface area contributed by atoms with Gasteiger partial charge in [0.05, 0.1) is 0 Å². The number of hydrogen-bond donors (Lipinski definition) is 2. The molecule has 4 heteroatoms. The van der Waals surface area contributed by atoms with Gasteiger partial charge in [-0.3, -0.25) is 0 Å². The molecule has 0 aromatic heterocycles. The number of nitrogens with one attached hydrogen (secondary N) is 1. The van der Waals surface area contributed by atoms with E-state index >= 15 is 0 Å². The van der Waals surface area contributed by atoms with Gasteiger partial charge in [-0.05, 0) is 45.7 Å². The summed E-state index contributed by atoms with van der Waals surface area (Å²) in [5, 5.41) is 3.51. The normalized spacial score (nSPS) is 27.5. The van der Waals surface area contributed by atoms with Crippen molar-refractivity contribution >= 4 is 24.8 Å². The van der Waals surface area contributed by atoms with Crippen LogP contribution in [0.25, 0.3) is 0 Å². The molecule has 12 heavy (non-hydrogen) atoms. The molecule has 1 heterocycles. The molecule has 1 fully saturated rings. The molecule has 1 atom stereocenters. The average molecular weight is 215 g/mol. The van der Waals surface area contributed by atoms with E-state index in [9.17, 15) is 0 Å². The summed E-state index contributed by atoms with van der Waals surface area (Å²) >= 11 is 0. The van der Waals surface area contributed by atoms with Crippen molar-refractivity contribution in [1.82, 2.24) is 5.32 Å². The van der Waals surface area contributed by atoms with Gasteiger partial charge in [-0.2, -0.15) is 0 Å². The molecule has 76 valence electrons. The van der Waals surface area contributed by atoms with E-state index in [0.29, 0.717) is 5.54 Å². The third-order valence-corrected chi connectivity index (χ3v) is 2.39. The number of rotatable bonds is 3. The second-order valence-corrected chi connectivity index (χ2v) is 3.48. The minimum Gasteiger partial charge on any atom is -0.330 e. The minimum atomic E-state index is 0. The van der Waals surface area contributed by atoms with Crippen LogP contribution >= 0.6 is 24.8 Å². The van der Waals surface area contributed by atoms with Crippen LogP contribution in [0, 0.1) is 0 Å². The van der Waals surface area contributed by atoms with Crippen LogP contribution in [0.5, 0.6) is 0 Å². The van der Waals surface area contributed by atoms with Gasteiger partial charge < -0.3 is 11.1 Å². The third kappa shape index (κ3) is 4.51. The van der Waals surface area contributed by atoms with Gasteiger partial charge >= 0.3 is 0 Å². The van der Waals surface area contributed by atoms with Gasteiger partial charge in [0.15, 0.2) is 0 Å². The summed E-state index contributed by atoms with van der Waals surface area (Å²) in [7, 11) is 0. The molecule has 1 aliphatic rings. The fraction of sp³-hybridized carbons (Fsp3) is 1.00. The van der Waals surface area contributed by atoms with Crippen molar-refractivity contribution < 1.29 is 0 Å². The van der Waals surface area contributed by atoms with E-state index in [1.165, 1.54) is 25.8 Å². The first-order chi connectivity index (χ1) is 4.77. The maximum absolute atomic E-state index is 5.44. The lowest BCUT2D eigenvalue weighted by Gasteiger charge is -2.23. The SMILES string of the molecule is CC1(CCCN)CCCN1.Cl.Cl. The highest BCUT2D eigenvalue weighted by molar-refractivity contribution is 5.85. The zero-order valence-electron chi connectivity index (χ0n) is 7.64. The van der Waals surface area contributed by atoms with E-state index in [4.69, 9.17) is 5.73 Å². The Labute approximate surface area is 87.5 Å². The van der Waals surface area contributed by atoms with Gasteiger partial charge in [-0.15, -0.1) is 24.8 Å². The molecular weight excluding hydrogens is 195 g/mol. The molecule has 1 saturated heterocycles. The summed E-state index contributed by atoms with van der Waals surface area (Å²) < 4.78 is 0. The van der Waals surface area contributed by atoms with Crippen LogP contribution in [0.4, 0.5) is 0 Å². The van der Waals surface area contributed by atoms with E-state index in [1.54, 1.807) is 0 Å². The largest absolute Gasteiger partial charge is 0.330 e. The first-order valence-electron chi connectivity index (χ1n) is 4.22. The summed E-state index contributed by atoms with van der Waals surface area (Å²) in [6.07, 6.45) is 5.06. The Kier molecular flexibility index (Phi) is 8.69. The van der Waals surface area contributed by atoms with Crippen LogP contribution in [-0.2, 0) is 0 Å². The zero-order valence-corrected chi connectivity index (χ0v) is 9.27. The van der Waals surface area contributed by atoms with Crippen molar-refractivity contribution in [3.8, 4) is 0 Å². The summed E-state index contributed by atoms with van der Waals surface area (Å²) in [5.74, 6) is 0. The number of hydrogen-bond acceptors (Lipinski definition) is 2. The van der Waals surface area contributed by atoms with Crippen molar-refractivity contribution in [2.45, 2.75) is 38.1 Å². The van der Waals surface area contributed by atoms with Gasteiger partial charge in [0.2, 0.25) is 0 Å². The van der Waals surface area contributed by atoms with Crippen LogP contribution in [0.15, 0.2) is 0 Å². The lowest BCUT2D eigenvalue weighted by atomic mass is 9.94. The van der Waals surface area contributed by atoms with Crippen molar-refractivity contribution in [1.29, 1.82) is 0 Å². The zero-order chi connectivity index (χ0) is 7.45. The quantitative estimate of drug-likeness (QED) is 0.752. The van der Waals surface area contributed by atoms with E-state index in [1.807, 2.05) is 0 Å². The van der Waals surface area contributed by atoms with E-state index < -0.39 is 0 Å². The monoisotopic (exact) mass is 214 g/mol. The number of halogens is 2. The first kappa shape index (κ1) is 15.0. The molecule has 0 aromatic rings. The molecule has 1 aliphatic heterocycles. The summed E-state index contributed by atoms with van der Waals surface area (Å²) in [5.41, 5.74) is 5.85. The second-order valence-electron chi connectivity index (χ2n) is 3.48. The topological polar surface area (TPSA) is 38.0 Å². The standard InChI is InChI=1S/C8H18N2.2ClH/c1-8(4-2-6-9)5-3-7-10-8;;/h10H,2-7,9H2,1H3;2*1H. The Hall–Kier alpha value is 0.500. The minimum absolute atomic E-state index is 0. The van der Waals surface area contributed by atoms with E-state index in [0.717, 1.165) is 13.0 Å². The average Bonchev–Trinajstić information content (AvgIpc) is 2.33. The molecule has 1 unspecified atom stereocenters. The van der Waals surface area contributed by atoms with Crippen LogP contribution in [0.2, 0.25) is 0 Å². The Morgan fingerprint density at radius 2 is 2.08 bits per heavy atom. The van der Waals surface area contributed by atoms with Gasteiger partial charge in [0.25, 0.3) is 0 Å². The lowest BCUT2D eigenvalue weighted by Crippen LogP contribution is -2.36. The van der Waals surface area contributed by atoms with Gasteiger partial charge in [-0.1, -0.05) is 0 Å². The first-order valence-corrected chi connectivity index (χ1v) is 4.22. The maximum Gasteiger partial charge on any atom is 0.0154 e. The molecule has 2 nitrogen and oxygen atoms in total. The summed E-state index contributed by atoms with van der Waals surface area (Å²) in [6, 6.07) is 0. The maximum atomic E-state index is 5.44. The molecule has 0 amide bonds. The Morgan fingerprint density at radius 1 is 1.42 bits per heavy atom. The summed E-state index contributed by atoms with van der Waals surface area (Å²) in [4.78, 5) is 0. The van der Waals surface area contributed by atoms with Crippen molar-refractivity contribution in [3.05, 3.63) is 0 Å². The van der Waals surface area contributed by atoms with E-state index in [-0.39, 0.29) is 24.8 Å². The second kappa shape index (κ2) is 6.96. The van der Waals surface area contributed by atoms with Crippen molar-refractivity contribution in [3.63, 3.8) is 0 Å². The molecule has 0 spiro atoms. The van der Waals surface area contributed by atoms with Crippen molar-refractivity contribution in [2.24, 2.45) is 5.73 Å². The highest BCUT2D eigenvalue weighted by Gasteiger charge is 2.26. The Morgan fingerprint density at radius 3 is 2.50 bits per heavy atom. The smallest absolute Gasteiger partial charge is 0.0154 e. The predicted molar refractivity (Wildman–Crippen MR) is 58.4 cm³/mol. The Balaban J connectivity index is 0. The van der Waals surface area contributed by atoms with Gasteiger partial charge in [-0.25, -0.2) is 0 Å². The van der Waals surface area contributed by atoms with E-state index in [2.05, 4.69) is 12.2 Å². The van der Waals surface area contributed by atoms with Crippen LogP contribution in [0.3, 0.4) is 0 Å². The highest BCUT2D eigenvalue weighted by atomic mass is 35.5. The molecule has 0 radical (unpaired) electrons. The lowest BCUT2D eigenvalue weighted by molar-refractivity contribution is 0.376. The molecule has 0 aliphatic carbocycles. The van der Waals surface area contributed by atoms with Crippen LogP contribution in [-0.4, -0.2) is 18.6 Å². The fourth-order valence-corrected chi connectivity index (χ4v) is 1.66. The van der Waals surface area contributed by atoms with Crippen molar-refractivity contribution in [2.75, 3.05) is 13.1 Å². The highest BCUT2D eigenvalue weighted by Crippen LogP contribution is 2.22. The predicted octanol–water partition coefficient (Wildman–Crippen LogP) is 1.71. The van der Waals surface area contributed by atoms with Crippen LogP contribution < -0.4 is 11.1 Å². The molecule has 1 rings (SSSR count). The van der Waals surface area contributed by atoms with Gasteiger partial charge in [0.1, 0.15) is 0 Å². The molecule has 0 saturated carbocycles. The van der Waals surface area contributed by atoms with Gasteiger partial charge in [0, 0.05) is 5.54 Å².